The Morgan fingerprint density at radius 1 is 1.03 bits per heavy atom. The van der Waals surface area contributed by atoms with Gasteiger partial charge in [-0.1, -0.05) is 61.3 Å². The maximum atomic E-state index is 13.2. The Hall–Kier alpha value is -1.69. The highest BCUT2D eigenvalue weighted by Crippen LogP contribution is 2.25. The van der Waals surface area contributed by atoms with Gasteiger partial charge in [-0.3, -0.25) is 9.59 Å². The van der Waals surface area contributed by atoms with Crippen LogP contribution >= 0.6 is 35.0 Å². The van der Waals surface area contributed by atoms with Gasteiger partial charge in [0.1, 0.15) is 6.04 Å². The molecule has 2 atom stereocenters. The number of carbonyl (C=O) groups excluding carboxylic acids is 2. The molecule has 0 heterocycles. The summed E-state index contributed by atoms with van der Waals surface area (Å²) >= 11 is 13.8. The molecule has 2 amide bonds. The van der Waals surface area contributed by atoms with Crippen molar-refractivity contribution in [2.75, 3.05) is 5.75 Å². The van der Waals surface area contributed by atoms with E-state index in [1.807, 2.05) is 57.2 Å². The minimum atomic E-state index is -0.544. The number of hydrogen-bond donors (Lipinski definition) is 1. The van der Waals surface area contributed by atoms with E-state index in [9.17, 15) is 9.59 Å². The number of nitrogens with zero attached hydrogens (tertiary/aromatic N) is 1. The normalized spacial score (nSPS) is 12.8. The zero-order chi connectivity index (χ0) is 22.8. The number of benzene rings is 2. The largest absolute Gasteiger partial charge is 0.352 e. The van der Waals surface area contributed by atoms with E-state index in [4.69, 9.17) is 23.2 Å². The number of rotatable bonds is 11. The summed E-state index contributed by atoms with van der Waals surface area (Å²) in [6, 6.07) is 14.8. The second-order valence-corrected chi connectivity index (χ2v) is 9.41. The number of nitrogens with one attached hydrogen (secondary N) is 1. The van der Waals surface area contributed by atoms with Crippen LogP contribution in [0.1, 0.15) is 45.6 Å². The lowest BCUT2D eigenvalue weighted by Gasteiger charge is -2.31. The lowest BCUT2D eigenvalue weighted by atomic mass is 10.1. The third kappa shape index (κ3) is 8.06. The predicted octanol–water partition coefficient (Wildman–Crippen LogP) is 6.20. The fraction of sp³-hybridized carbons (Fsp3) is 0.417. The Bertz CT molecular complexity index is 864. The van der Waals surface area contributed by atoms with Crippen LogP contribution in [0.4, 0.5) is 0 Å². The van der Waals surface area contributed by atoms with Crippen molar-refractivity contribution in [3.63, 3.8) is 0 Å². The Morgan fingerprint density at radius 2 is 1.74 bits per heavy atom. The SMILES string of the molecule is CC[C@H](C)NC(=O)[C@H](CC)N(Cc1ccc(Cl)c(Cl)c1)C(=O)CCSc1ccccc1. The average molecular weight is 481 g/mol. The van der Waals surface area contributed by atoms with E-state index in [0.29, 0.717) is 35.2 Å². The Kier molecular flexibility index (Phi) is 10.7. The zero-order valence-electron chi connectivity index (χ0n) is 18.2. The molecule has 7 heteroatoms. The fourth-order valence-electron chi connectivity index (χ4n) is 3.11. The topological polar surface area (TPSA) is 49.4 Å². The van der Waals surface area contributed by atoms with Gasteiger partial charge in [0.2, 0.25) is 11.8 Å². The maximum Gasteiger partial charge on any atom is 0.243 e. The molecule has 2 aromatic carbocycles. The second kappa shape index (κ2) is 13.0. The van der Waals surface area contributed by atoms with Gasteiger partial charge in [0.25, 0.3) is 0 Å². The molecule has 1 N–H and O–H groups in total. The van der Waals surface area contributed by atoms with E-state index in [1.54, 1.807) is 28.8 Å². The highest BCUT2D eigenvalue weighted by atomic mass is 35.5. The van der Waals surface area contributed by atoms with Crippen LogP contribution in [0.15, 0.2) is 53.4 Å². The molecule has 0 saturated heterocycles. The molecule has 0 aliphatic heterocycles. The van der Waals surface area contributed by atoms with Crippen molar-refractivity contribution in [1.29, 1.82) is 0 Å². The van der Waals surface area contributed by atoms with Gasteiger partial charge in [0.15, 0.2) is 0 Å². The van der Waals surface area contributed by atoms with E-state index in [1.165, 1.54) is 0 Å². The minimum absolute atomic E-state index is 0.0529. The summed E-state index contributed by atoms with van der Waals surface area (Å²) in [7, 11) is 0. The predicted molar refractivity (Wildman–Crippen MR) is 131 cm³/mol. The van der Waals surface area contributed by atoms with Gasteiger partial charge >= 0.3 is 0 Å². The lowest BCUT2D eigenvalue weighted by molar-refractivity contribution is -0.141. The molecule has 0 radical (unpaired) electrons. The van der Waals surface area contributed by atoms with Crippen molar-refractivity contribution in [3.05, 3.63) is 64.1 Å². The van der Waals surface area contributed by atoms with Crippen LogP contribution in [0.25, 0.3) is 0 Å². The molecule has 31 heavy (non-hydrogen) atoms. The maximum absolute atomic E-state index is 13.2. The first kappa shape index (κ1) is 25.6. The first-order valence-electron chi connectivity index (χ1n) is 10.6. The Balaban J connectivity index is 2.17. The van der Waals surface area contributed by atoms with Gasteiger partial charge in [-0.15, -0.1) is 11.8 Å². The number of carbonyl (C=O) groups is 2. The van der Waals surface area contributed by atoms with Gasteiger partial charge in [-0.25, -0.2) is 0 Å². The van der Waals surface area contributed by atoms with Crippen LogP contribution in [0.3, 0.4) is 0 Å². The lowest BCUT2D eigenvalue weighted by Crippen LogP contribution is -2.50. The van der Waals surface area contributed by atoms with Gasteiger partial charge in [0, 0.05) is 29.7 Å². The first-order chi connectivity index (χ1) is 14.8. The molecule has 0 bridgehead atoms. The summed E-state index contributed by atoms with van der Waals surface area (Å²) < 4.78 is 0. The quantitative estimate of drug-likeness (QED) is 0.389. The summed E-state index contributed by atoms with van der Waals surface area (Å²) in [6.45, 7) is 6.21. The van der Waals surface area contributed by atoms with E-state index in [0.717, 1.165) is 16.9 Å². The van der Waals surface area contributed by atoms with Gasteiger partial charge in [-0.05, 0) is 49.6 Å². The van der Waals surface area contributed by atoms with Gasteiger partial charge in [0.05, 0.1) is 10.0 Å². The molecule has 0 aliphatic rings. The van der Waals surface area contributed by atoms with E-state index < -0.39 is 6.04 Å². The van der Waals surface area contributed by atoms with Crippen LogP contribution in [0.2, 0.25) is 10.0 Å². The van der Waals surface area contributed by atoms with Crippen molar-refractivity contribution in [2.45, 2.75) is 63.6 Å². The molecule has 2 aromatic rings. The van der Waals surface area contributed by atoms with E-state index >= 15 is 0 Å². The van der Waals surface area contributed by atoms with Crippen LogP contribution in [-0.2, 0) is 16.1 Å². The molecular weight excluding hydrogens is 451 g/mol. The molecule has 0 aromatic heterocycles. The third-order valence-corrected chi connectivity index (χ3v) is 6.80. The van der Waals surface area contributed by atoms with E-state index in [2.05, 4.69) is 5.32 Å². The Labute approximate surface area is 199 Å². The summed E-state index contributed by atoms with van der Waals surface area (Å²) in [5, 5.41) is 3.91. The highest BCUT2D eigenvalue weighted by molar-refractivity contribution is 7.99. The Morgan fingerprint density at radius 3 is 2.35 bits per heavy atom. The molecule has 0 aliphatic carbocycles. The molecule has 4 nitrogen and oxygen atoms in total. The molecular formula is C24H30Cl2N2O2S. The number of hydrogen-bond acceptors (Lipinski definition) is 3. The van der Waals surface area contributed by atoms with Gasteiger partial charge in [-0.2, -0.15) is 0 Å². The summed E-state index contributed by atoms with van der Waals surface area (Å²) in [6.07, 6.45) is 1.70. The average Bonchev–Trinajstić information content (AvgIpc) is 2.76. The standard InChI is InChI=1S/C24H30Cl2N2O2S/c1-4-17(3)27-24(30)22(5-2)28(16-18-11-12-20(25)21(26)15-18)23(29)13-14-31-19-9-7-6-8-10-19/h6-12,15,17,22H,4-5,13-14,16H2,1-3H3,(H,27,30)/t17-,22-/m0/s1. The molecule has 0 unspecified atom stereocenters. The van der Waals surface area contributed by atoms with Crippen molar-refractivity contribution < 1.29 is 9.59 Å². The van der Waals surface area contributed by atoms with Crippen molar-refractivity contribution in [3.8, 4) is 0 Å². The zero-order valence-corrected chi connectivity index (χ0v) is 20.6. The molecule has 2 rings (SSSR count). The highest BCUT2D eigenvalue weighted by Gasteiger charge is 2.29. The van der Waals surface area contributed by atoms with Crippen molar-refractivity contribution in [2.24, 2.45) is 0 Å². The van der Waals surface area contributed by atoms with Crippen LogP contribution in [0.5, 0.6) is 0 Å². The van der Waals surface area contributed by atoms with Crippen molar-refractivity contribution in [1.82, 2.24) is 10.2 Å². The van der Waals surface area contributed by atoms with Gasteiger partial charge < -0.3 is 10.2 Å². The fourth-order valence-corrected chi connectivity index (χ4v) is 4.29. The molecule has 0 saturated carbocycles. The number of thioether (sulfide) groups is 1. The molecule has 168 valence electrons. The van der Waals surface area contributed by atoms with E-state index in [-0.39, 0.29) is 17.9 Å². The van der Waals surface area contributed by atoms with Crippen LogP contribution in [-0.4, -0.2) is 34.6 Å². The number of amides is 2. The second-order valence-electron chi connectivity index (χ2n) is 7.42. The minimum Gasteiger partial charge on any atom is -0.352 e. The monoisotopic (exact) mass is 480 g/mol. The summed E-state index contributed by atoms with van der Waals surface area (Å²) in [5.41, 5.74) is 0.841. The third-order valence-electron chi connectivity index (χ3n) is 5.05. The number of halogens is 2. The van der Waals surface area contributed by atoms with Crippen molar-refractivity contribution >= 4 is 46.8 Å². The van der Waals surface area contributed by atoms with Crippen LogP contribution in [0, 0.1) is 0 Å². The first-order valence-corrected chi connectivity index (χ1v) is 12.3. The molecule has 0 spiro atoms. The molecule has 0 fully saturated rings. The van der Waals surface area contributed by atoms with Crippen LogP contribution < -0.4 is 5.32 Å². The summed E-state index contributed by atoms with van der Waals surface area (Å²) in [4.78, 5) is 28.9. The summed E-state index contributed by atoms with van der Waals surface area (Å²) in [5.74, 6) is 0.464. The smallest absolute Gasteiger partial charge is 0.243 e.